The monoisotopic (exact) mass is 281 g/mol. The second kappa shape index (κ2) is 5.47. The molecule has 2 aromatic rings. The Labute approximate surface area is 111 Å². The maximum atomic E-state index is 12.1. The summed E-state index contributed by atoms with van der Waals surface area (Å²) in [6.45, 7) is 2.26. The van der Waals surface area contributed by atoms with E-state index in [0.717, 1.165) is 11.1 Å². The molecule has 0 saturated carbocycles. The molecule has 7 nitrogen and oxygen atoms in total. The highest BCUT2D eigenvalue weighted by atomic mass is 32.2. The van der Waals surface area contributed by atoms with Crippen LogP contribution in [0.3, 0.4) is 0 Å². The minimum absolute atomic E-state index is 0.0637. The molecule has 0 fully saturated rings. The number of aromatic nitrogens is 3. The Bertz CT molecular complexity index is 652. The van der Waals surface area contributed by atoms with E-state index < -0.39 is 10.0 Å². The van der Waals surface area contributed by atoms with E-state index in [1.807, 2.05) is 6.92 Å². The average molecular weight is 281 g/mol. The predicted octanol–water partition coefficient (Wildman–Crippen LogP) is 0.0503. The van der Waals surface area contributed by atoms with Crippen LogP contribution in [0.15, 0.2) is 29.4 Å². The van der Waals surface area contributed by atoms with Gasteiger partial charge in [0.15, 0.2) is 0 Å². The highest BCUT2D eigenvalue weighted by molar-refractivity contribution is 7.89. The molecule has 1 aromatic heterocycles. The summed E-state index contributed by atoms with van der Waals surface area (Å²) in [5, 5.41) is 6.23. The largest absolute Gasteiger partial charge is 0.326 e. The molecule has 0 aliphatic rings. The van der Waals surface area contributed by atoms with Gasteiger partial charge in [-0.3, -0.25) is 5.10 Å². The standard InChI is InChI=1S/C11H15N5O2S/c1-8-2-3-10(4-9(8)5-12)19(17,18)15-6-11-13-7-14-16-11/h2-4,7,15H,5-6,12H2,1H3,(H,13,14,16). The first-order valence-electron chi connectivity index (χ1n) is 5.66. The lowest BCUT2D eigenvalue weighted by Crippen LogP contribution is -2.24. The Morgan fingerprint density at radius 3 is 2.84 bits per heavy atom. The van der Waals surface area contributed by atoms with Crippen molar-refractivity contribution in [3.8, 4) is 0 Å². The number of sulfonamides is 1. The van der Waals surface area contributed by atoms with Crippen molar-refractivity contribution in [2.75, 3.05) is 0 Å². The zero-order valence-electron chi connectivity index (χ0n) is 10.4. The van der Waals surface area contributed by atoms with Gasteiger partial charge in [-0.05, 0) is 30.2 Å². The Morgan fingerprint density at radius 1 is 1.42 bits per heavy atom. The summed E-state index contributed by atoms with van der Waals surface area (Å²) in [5.74, 6) is 0.453. The van der Waals surface area contributed by atoms with Gasteiger partial charge in [0.1, 0.15) is 12.2 Å². The van der Waals surface area contributed by atoms with Gasteiger partial charge in [0.2, 0.25) is 10.0 Å². The molecule has 4 N–H and O–H groups in total. The molecule has 0 amide bonds. The molecule has 0 unspecified atom stereocenters. The molecule has 0 aliphatic carbocycles. The van der Waals surface area contributed by atoms with E-state index in [1.54, 1.807) is 18.2 Å². The number of hydrogen-bond acceptors (Lipinski definition) is 5. The maximum Gasteiger partial charge on any atom is 0.240 e. The molecule has 0 atom stereocenters. The number of nitrogens with one attached hydrogen (secondary N) is 2. The minimum Gasteiger partial charge on any atom is -0.326 e. The van der Waals surface area contributed by atoms with Crippen LogP contribution < -0.4 is 10.5 Å². The third-order valence-electron chi connectivity index (χ3n) is 2.75. The van der Waals surface area contributed by atoms with Crippen LogP contribution in [-0.4, -0.2) is 23.6 Å². The second-order valence-electron chi connectivity index (χ2n) is 4.05. The Balaban J connectivity index is 2.19. The van der Waals surface area contributed by atoms with E-state index in [-0.39, 0.29) is 11.4 Å². The van der Waals surface area contributed by atoms with Crippen molar-refractivity contribution in [2.45, 2.75) is 24.9 Å². The van der Waals surface area contributed by atoms with E-state index in [2.05, 4.69) is 19.9 Å². The van der Waals surface area contributed by atoms with Crippen molar-refractivity contribution < 1.29 is 8.42 Å². The number of hydrogen-bond donors (Lipinski definition) is 3. The summed E-state index contributed by atoms with van der Waals surface area (Å²) in [6.07, 6.45) is 1.32. The molecule has 19 heavy (non-hydrogen) atoms. The van der Waals surface area contributed by atoms with Crippen LogP contribution in [0.2, 0.25) is 0 Å². The Kier molecular flexibility index (Phi) is 3.93. The van der Waals surface area contributed by atoms with Gasteiger partial charge in [0.25, 0.3) is 0 Å². The van der Waals surface area contributed by atoms with Crippen LogP contribution in [0.5, 0.6) is 0 Å². The fraction of sp³-hybridized carbons (Fsp3) is 0.273. The SMILES string of the molecule is Cc1ccc(S(=O)(=O)NCc2ncn[nH]2)cc1CN. The number of aryl methyl sites for hydroxylation is 1. The smallest absolute Gasteiger partial charge is 0.240 e. The van der Waals surface area contributed by atoms with Crippen molar-refractivity contribution >= 4 is 10.0 Å². The zero-order chi connectivity index (χ0) is 13.9. The topological polar surface area (TPSA) is 114 Å². The highest BCUT2D eigenvalue weighted by Crippen LogP contribution is 2.15. The fourth-order valence-corrected chi connectivity index (χ4v) is 2.64. The summed E-state index contributed by atoms with van der Waals surface area (Å²) in [6, 6.07) is 4.88. The molecular formula is C11H15N5O2S. The number of rotatable bonds is 5. The maximum absolute atomic E-state index is 12.1. The number of benzene rings is 1. The van der Waals surface area contributed by atoms with Gasteiger partial charge >= 0.3 is 0 Å². The molecule has 8 heteroatoms. The number of aromatic amines is 1. The summed E-state index contributed by atoms with van der Waals surface area (Å²) >= 11 is 0. The lowest BCUT2D eigenvalue weighted by molar-refractivity contribution is 0.579. The van der Waals surface area contributed by atoms with Gasteiger partial charge in [0.05, 0.1) is 11.4 Å². The molecule has 0 spiro atoms. The van der Waals surface area contributed by atoms with Gasteiger partial charge in [0, 0.05) is 6.54 Å². The Morgan fingerprint density at radius 2 is 2.21 bits per heavy atom. The van der Waals surface area contributed by atoms with Crippen LogP contribution in [-0.2, 0) is 23.1 Å². The molecule has 0 aliphatic heterocycles. The molecule has 0 saturated heterocycles. The van der Waals surface area contributed by atoms with E-state index in [0.29, 0.717) is 12.4 Å². The minimum atomic E-state index is -3.58. The number of nitrogens with two attached hydrogens (primary N) is 1. The van der Waals surface area contributed by atoms with Crippen molar-refractivity contribution in [2.24, 2.45) is 5.73 Å². The molecule has 1 heterocycles. The zero-order valence-corrected chi connectivity index (χ0v) is 11.2. The molecule has 102 valence electrons. The van der Waals surface area contributed by atoms with Crippen molar-refractivity contribution in [3.63, 3.8) is 0 Å². The van der Waals surface area contributed by atoms with E-state index >= 15 is 0 Å². The number of H-pyrrole nitrogens is 1. The van der Waals surface area contributed by atoms with Crippen molar-refractivity contribution in [3.05, 3.63) is 41.5 Å². The van der Waals surface area contributed by atoms with E-state index in [4.69, 9.17) is 5.73 Å². The molecular weight excluding hydrogens is 266 g/mol. The van der Waals surface area contributed by atoms with E-state index in [9.17, 15) is 8.42 Å². The van der Waals surface area contributed by atoms with Gasteiger partial charge < -0.3 is 5.73 Å². The first kappa shape index (κ1) is 13.7. The number of nitrogens with zero attached hydrogens (tertiary/aromatic N) is 2. The third kappa shape index (κ3) is 3.16. The Hall–Kier alpha value is -1.77. The van der Waals surface area contributed by atoms with Crippen molar-refractivity contribution in [1.29, 1.82) is 0 Å². The van der Waals surface area contributed by atoms with Crippen LogP contribution in [0, 0.1) is 6.92 Å². The summed E-state index contributed by atoms with van der Waals surface area (Å²) in [4.78, 5) is 4.04. The average Bonchev–Trinajstić information content (AvgIpc) is 2.90. The first-order chi connectivity index (χ1) is 9.03. The fourth-order valence-electron chi connectivity index (χ4n) is 1.60. The summed E-state index contributed by atoms with van der Waals surface area (Å²) < 4.78 is 26.6. The quantitative estimate of drug-likeness (QED) is 0.716. The highest BCUT2D eigenvalue weighted by Gasteiger charge is 2.15. The normalized spacial score (nSPS) is 11.7. The third-order valence-corrected chi connectivity index (χ3v) is 4.14. The van der Waals surface area contributed by atoms with Gasteiger partial charge in [-0.25, -0.2) is 18.1 Å². The van der Waals surface area contributed by atoms with Crippen molar-refractivity contribution in [1.82, 2.24) is 19.9 Å². The molecule has 0 bridgehead atoms. The predicted molar refractivity (Wildman–Crippen MR) is 69.5 cm³/mol. The summed E-state index contributed by atoms with van der Waals surface area (Å²) in [7, 11) is -3.58. The second-order valence-corrected chi connectivity index (χ2v) is 5.82. The van der Waals surface area contributed by atoms with E-state index in [1.165, 1.54) is 6.33 Å². The first-order valence-corrected chi connectivity index (χ1v) is 7.15. The lowest BCUT2D eigenvalue weighted by atomic mass is 10.1. The van der Waals surface area contributed by atoms with Gasteiger partial charge in [-0.15, -0.1) is 0 Å². The molecule has 0 radical (unpaired) electrons. The molecule has 2 rings (SSSR count). The van der Waals surface area contributed by atoms with Crippen LogP contribution in [0.4, 0.5) is 0 Å². The molecule has 1 aromatic carbocycles. The van der Waals surface area contributed by atoms with Crippen LogP contribution >= 0.6 is 0 Å². The van der Waals surface area contributed by atoms with Gasteiger partial charge in [-0.1, -0.05) is 6.07 Å². The van der Waals surface area contributed by atoms with Crippen LogP contribution in [0.1, 0.15) is 17.0 Å². The van der Waals surface area contributed by atoms with Gasteiger partial charge in [-0.2, -0.15) is 5.10 Å². The lowest BCUT2D eigenvalue weighted by Gasteiger charge is -2.08. The van der Waals surface area contributed by atoms with Crippen LogP contribution in [0.25, 0.3) is 0 Å². The summed E-state index contributed by atoms with van der Waals surface area (Å²) in [5.41, 5.74) is 7.35.